The molecule has 6 nitrogen and oxygen atoms in total. The molecule has 1 fully saturated rings. The molecule has 0 radical (unpaired) electrons. The third kappa shape index (κ3) is 5.16. The Balaban J connectivity index is 1.48. The Morgan fingerprint density at radius 3 is 2.58 bits per heavy atom. The number of nitrogens with zero attached hydrogens (tertiary/aromatic N) is 3. The van der Waals surface area contributed by atoms with Gasteiger partial charge in [-0.25, -0.2) is 0 Å². The fourth-order valence-electron chi connectivity index (χ4n) is 4.38. The largest absolute Gasteiger partial charge is 0.480 e. The van der Waals surface area contributed by atoms with Crippen LogP contribution in [0.3, 0.4) is 0 Å². The van der Waals surface area contributed by atoms with E-state index in [0.29, 0.717) is 29.8 Å². The van der Waals surface area contributed by atoms with Crippen LogP contribution in [0.5, 0.6) is 0 Å². The number of piperidine rings is 1. The summed E-state index contributed by atoms with van der Waals surface area (Å²) in [7, 11) is 0. The van der Waals surface area contributed by atoms with Gasteiger partial charge in [0.25, 0.3) is 0 Å². The maximum atomic E-state index is 12.9. The van der Waals surface area contributed by atoms with E-state index in [1.807, 2.05) is 53.4 Å². The van der Waals surface area contributed by atoms with Crippen molar-refractivity contribution in [1.82, 2.24) is 9.88 Å². The number of nitriles is 1. The molecule has 0 unspecified atom stereocenters. The van der Waals surface area contributed by atoms with Crippen molar-refractivity contribution in [1.29, 1.82) is 5.26 Å². The zero-order valence-corrected chi connectivity index (χ0v) is 18.3. The first kappa shape index (κ1) is 22.4. The minimum Gasteiger partial charge on any atom is -0.480 e. The van der Waals surface area contributed by atoms with E-state index in [1.165, 1.54) is 0 Å². The Hall–Kier alpha value is -3.82. The average Bonchev–Trinajstić information content (AvgIpc) is 2.85. The number of aromatic nitrogens is 1. The van der Waals surface area contributed by atoms with Gasteiger partial charge in [-0.2, -0.15) is 5.26 Å². The lowest BCUT2D eigenvalue weighted by molar-refractivity contribution is -0.144. The molecule has 6 heteroatoms. The van der Waals surface area contributed by atoms with E-state index in [1.54, 1.807) is 18.3 Å². The standard InChI is InChI=1S/C27H25N3O3/c28-16-23-21(9-6-10-22(23)20-7-2-1-3-8-20)15-26(31)24-13-12-19(17-29-24)18-30-14-5-4-11-25(30)27(32)33/h1-3,6-10,12-13,17,25H,4-5,11,14-15,18H2,(H,32,33)/t25-/m0/s1. The summed E-state index contributed by atoms with van der Waals surface area (Å²) in [6.07, 6.45) is 4.30. The molecular formula is C27H25N3O3. The van der Waals surface area contributed by atoms with E-state index in [-0.39, 0.29) is 12.2 Å². The SMILES string of the molecule is N#Cc1c(CC(=O)c2ccc(CN3CCCC[C@H]3C(=O)O)cn2)cccc1-c1ccccc1. The number of hydrogen-bond acceptors (Lipinski definition) is 5. The van der Waals surface area contributed by atoms with Crippen molar-refractivity contribution in [3.05, 3.63) is 89.2 Å². The lowest BCUT2D eigenvalue weighted by Crippen LogP contribution is -2.44. The molecule has 0 saturated carbocycles. The molecule has 0 spiro atoms. The van der Waals surface area contributed by atoms with Gasteiger partial charge < -0.3 is 5.11 Å². The molecule has 3 aromatic rings. The monoisotopic (exact) mass is 439 g/mol. The molecule has 1 aliphatic heterocycles. The summed E-state index contributed by atoms with van der Waals surface area (Å²) in [5.74, 6) is -0.954. The van der Waals surface area contributed by atoms with E-state index in [2.05, 4.69) is 11.1 Å². The summed E-state index contributed by atoms with van der Waals surface area (Å²) in [5.41, 5.74) is 4.12. The normalized spacial score (nSPS) is 16.2. The van der Waals surface area contributed by atoms with Crippen molar-refractivity contribution in [2.75, 3.05) is 6.54 Å². The van der Waals surface area contributed by atoms with Gasteiger partial charge in [-0.15, -0.1) is 0 Å². The highest BCUT2D eigenvalue weighted by Gasteiger charge is 2.28. The Kier molecular flexibility index (Phi) is 6.92. The summed E-state index contributed by atoms with van der Waals surface area (Å²) < 4.78 is 0. The average molecular weight is 440 g/mol. The minimum absolute atomic E-state index is 0.0864. The van der Waals surface area contributed by atoms with Crippen LogP contribution in [0.2, 0.25) is 0 Å². The molecule has 1 N–H and O–H groups in total. The number of carboxylic acids is 1. The Morgan fingerprint density at radius 1 is 1.06 bits per heavy atom. The fourth-order valence-corrected chi connectivity index (χ4v) is 4.38. The highest BCUT2D eigenvalue weighted by molar-refractivity contribution is 5.96. The van der Waals surface area contributed by atoms with Crippen LogP contribution < -0.4 is 0 Å². The summed E-state index contributed by atoms with van der Waals surface area (Å²) in [6.45, 7) is 1.24. The van der Waals surface area contributed by atoms with Crippen molar-refractivity contribution in [2.24, 2.45) is 0 Å². The van der Waals surface area contributed by atoms with Gasteiger partial charge in [0.15, 0.2) is 5.78 Å². The molecule has 0 amide bonds. The molecule has 2 heterocycles. The number of hydrogen-bond donors (Lipinski definition) is 1. The highest BCUT2D eigenvalue weighted by Crippen LogP contribution is 2.26. The van der Waals surface area contributed by atoms with Crippen molar-refractivity contribution in [2.45, 2.75) is 38.3 Å². The summed E-state index contributed by atoms with van der Waals surface area (Å²) in [6, 6.07) is 20.5. The van der Waals surface area contributed by atoms with Crippen LogP contribution in [-0.2, 0) is 17.8 Å². The molecule has 0 aliphatic carbocycles. The highest BCUT2D eigenvalue weighted by atomic mass is 16.4. The molecule has 2 aromatic carbocycles. The third-order valence-corrected chi connectivity index (χ3v) is 6.09. The smallest absolute Gasteiger partial charge is 0.320 e. The maximum absolute atomic E-state index is 12.9. The third-order valence-electron chi connectivity index (χ3n) is 6.09. The molecule has 166 valence electrons. The summed E-state index contributed by atoms with van der Waals surface area (Å²) in [4.78, 5) is 30.7. The van der Waals surface area contributed by atoms with Crippen molar-refractivity contribution in [3.8, 4) is 17.2 Å². The second-order valence-electron chi connectivity index (χ2n) is 8.29. The number of carbonyl (C=O) groups excluding carboxylic acids is 1. The molecular weight excluding hydrogens is 414 g/mol. The Morgan fingerprint density at radius 2 is 1.88 bits per heavy atom. The lowest BCUT2D eigenvalue weighted by atomic mass is 9.93. The van der Waals surface area contributed by atoms with E-state index in [0.717, 1.165) is 36.1 Å². The number of benzene rings is 2. The first-order valence-corrected chi connectivity index (χ1v) is 11.1. The Labute approximate surface area is 193 Å². The number of likely N-dealkylation sites (tertiary alicyclic amines) is 1. The first-order chi connectivity index (χ1) is 16.1. The zero-order chi connectivity index (χ0) is 23.2. The number of aliphatic carboxylic acids is 1. The molecule has 1 atom stereocenters. The van der Waals surface area contributed by atoms with Crippen LogP contribution in [0, 0.1) is 11.3 Å². The van der Waals surface area contributed by atoms with Gasteiger partial charge in [0.1, 0.15) is 17.8 Å². The van der Waals surface area contributed by atoms with Crippen molar-refractivity contribution in [3.63, 3.8) is 0 Å². The van der Waals surface area contributed by atoms with Crippen LogP contribution in [0.15, 0.2) is 66.9 Å². The van der Waals surface area contributed by atoms with E-state index in [4.69, 9.17) is 0 Å². The molecule has 1 aliphatic rings. The van der Waals surface area contributed by atoms with Crippen molar-refractivity contribution >= 4 is 11.8 Å². The zero-order valence-electron chi connectivity index (χ0n) is 18.3. The van der Waals surface area contributed by atoms with Gasteiger partial charge in [-0.1, -0.05) is 61.0 Å². The van der Waals surface area contributed by atoms with E-state index < -0.39 is 12.0 Å². The molecule has 1 saturated heterocycles. The van der Waals surface area contributed by atoms with Crippen molar-refractivity contribution < 1.29 is 14.7 Å². The number of Topliss-reactive ketones (excluding diaryl/α,β-unsaturated/α-hetero) is 1. The van der Waals surface area contributed by atoms with Gasteiger partial charge in [0.05, 0.1) is 5.56 Å². The minimum atomic E-state index is -0.791. The second kappa shape index (κ2) is 10.2. The predicted octanol–water partition coefficient (Wildman–Crippen LogP) is 4.48. The fraction of sp³-hybridized carbons (Fsp3) is 0.259. The van der Waals surface area contributed by atoms with E-state index >= 15 is 0 Å². The topological polar surface area (TPSA) is 94.3 Å². The molecule has 0 bridgehead atoms. The first-order valence-electron chi connectivity index (χ1n) is 11.1. The summed E-state index contributed by atoms with van der Waals surface area (Å²) in [5, 5.41) is 19.2. The summed E-state index contributed by atoms with van der Waals surface area (Å²) >= 11 is 0. The second-order valence-corrected chi connectivity index (χ2v) is 8.29. The van der Waals surface area contributed by atoms with Crippen LogP contribution in [-0.4, -0.2) is 39.3 Å². The quantitative estimate of drug-likeness (QED) is 0.545. The predicted molar refractivity (Wildman–Crippen MR) is 125 cm³/mol. The van der Waals surface area contributed by atoms with Gasteiger partial charge in [-0.3, -0.25) is 19.5 Å². The van der Waals surface area contributed by atoms with Crippen LogP contribution in [0.1, 0.15) is 46.4 Å². The lowest BCUT2D eigenvalue weighted by Gasteiger charge is -2.32. The number of carbonyl (C=O) groups is 2. The van der Waals surface area contributed by atoms with Crippen LogP contribution >= 0.6 is 0 Å². The maximum Gasteiger partial charge on any atom is 0.320 e. The van der Waals surface area contributed by atoms with Gasteiger partial charge in [-0.05, 0) is 47.7 Å². The Bertz CT molecular complexity index is 1180. The van der Waals surface area contributed by atoms with Crippen LogP contribution in [0.25, 0.3) is 11.1 Å². The number of pyridine rings is 1. The number of carboxylic acid groups (broad SMARTS) is 1. The number of ketones is 1. The van der Waals surface area contributed by atoms with E-state index in [9.17, 15) is 20.0 Å². The van der Waals surface area contributed by atoms with Gasteiger partial charge in [0.2, 0.25) is 0 Å². The van der Waals surface area contributed by atoms with Gasteiger partial charge >= 0.3 is 5.97 Å². The van der Waals surface area contributed by atoms with Crippen LogP contribution in [0.4, 0.5) is 0 Å². The van der Waals surface area contributed by atoms with Gasteiger partial charge in [0, 0.05) is 19.2 Å². The molecule has 1 aromatic heterocycles. The molecule has 4 rings (SSSR count). The molecule has 33 heavy (non-hydrogen) atoms. The number of rotatable bonds is 7.